The molecule has 5 heteroatoms. The first kappa shape index (κ1) is 26.6. The third kappa shape index (κ3) is 4.15. The van der Waals surface area contributed by atoms with Gasteiger partial charge in [0.05, 0.1) is 0 Å². The van der Waals surface area contributed by atoms with Gasteiger partial charge in [0, 0.05) is 38.4 Å². The molecule has 2 aromatic heterocycles. The molecule has 0 fully saturated rings. The first-order chi connectivity index (χ1) is 23.8. The number of hydrogen-bond acceptors (Lipinski definition) is 5. The van der Waals surface area contributed by atoms with Gasteiger partial charge in [-0.15, -0.1) is 0 Å². The van der Waals surface area contributed by atoms with Gasteiger partial charge in [0.1, 0.15) is 22.7 Å². The predicted octanol–water partition coefficient (Wildman–Crippen LogP) is 11.4. The van der Waals surface area contributed by atoms with Gasteiger partial charge < -0.3 is 9.15 Å². The zero-order valence-electron chi connectivity index (χ0n) is 25.6. The third-order valence-corrected chi connectivity index (χ3v) is 9.15. The van der Waals surface area contributed by atoms with Crippen molar-refractivity contribution in [2.24, 2.45) is 0 Å². The number of fused-ring (bicyclic) bond motifs is 5. The van der Waals surface area contributed by atoms with Crippen molar-refractivity contribution in [3.8, 4) is 67.9 Å². The molecule has 0 unspecified atom stereocenters. The average molecular weight is 616 g/mol. The van der Waals surface area contributed by atoms with Crippen LogP contribution in [0.2, 0.25) is 0 Å². The summed E-state index contributed by atoms with van der Waals surface area (Å²) in [5.41, 5.74) is 8.81. The number of hydrogen-bond donors (Lipinski definition) is 0. The van der Waals surface area contributed by atoms with Crippen LogP contribution in [0.4, 0.5) is 0 Å². The van der Waals surface area contributed by atoms with Gasteiger partial charge in [0.2, 0.25) is 0 Å². The van der Waals surface area contributed by atoms with Gasteiger partial charge in [-0.25, -0.2) is 15.0 Å². The summed E-state index contributed by atoms with van der Waals surface area (Å²) in [6.07, 6.45) is 0. The van der Waals surface area contributed by atoms with E-state index in [1.54, 1.807) is 0 Å². The Morgan fingerprint density at radius 1 is 0.354 bits per heavy atom. The molecule has 1 aliphatic heterocycles. The van der Waals surface area contributed by atoms with Gasteiger partial charge in [-0.2, -0.15) is 0 Å². The summed E-state index contributed by atoms with van der Waals surface area (Å²) in [6, 6.07) is 51.5. The fourth-order valence-corrected chi connectivity index (χ4v) is 6.93. The molecular formula is C43H25N3O2. The molecule has 0 radical (unpaired) electrons. The lowest BCUT2D eigenvalue weighted by Gasteiger charge is -2.23. The van der Waals surface area contributed by atoms with Crippen LogP contribution in [0.25, 0.3) is 89.1 Å². The molecule has 1 aliphatic rings. The highest BCUT2D eigenvalue weighted by Gasteiger charge is 2.24. The Kier molecular flexibility index (Phi) is 5.81. The van der Waals surface area contributed by atoms with Crippen LogP contribution in [-0.4, -0.2) is 15.0 Å². The van der Waals surface area contributed by atoms with Gasteiger partial charge in [-0.3, -0.25) is 0 Å². The van der Waals surface area contributed by atoms with E-state index in [1.165, 1.54) is 0 Å². The van der Waals surface area contributed by atoms with Gasteiger partial charge in [0.15, 0.2) is 17.5 Å². The van der Waals surface area contributed by atoms with Crippen molar-refractivity contribution < 1.29 is 9.15 Å². The van der Waals surface area contributed by atoms with Crippen LogP contribution in [0.15, 0.2) is 156 Å². The van der Waals surface area contributed by atoms with Crippen LogP contribution in [0.3, 0.4) is 0 Å². The van der Waals surface area contributed by atoms with E-state index in [-0.39, 0.29) is 0 Å². The maximum Gasteiger partial charge on any atom is 0.164 e. The highest BCUT2D eigenvalue weighted by Crippen LogP contribution is 2.49. The van der Waals surface area contributed by atoms with E-state index in [1.807, 2.05) is 72.8 Å². The van der Waals surface area contributed by atoms with E-state index >= 15 is 0 Å². The summed E-state index contributed by atoms with van der Waals surface area (Å²) in [6.45, 7) is 0. The van der Waals surface area contributed by atoms with E-state index in [0.29, 0.717) is 17.5 Å². The SMILES string of the molecule is c1ccc(-c2ccc3c(c2)Oc2ccc(-c4nc(-c5ccccc5)nc(-c5cccc6oc7ccccc7c56)n4)c4cccc-3c24)cc1. The smallest absolute Gasteiger partial charge is 0.164 e. The van der Waals surface area contributed by atoms with Crippen LogP contribution in [0.1, 0.15) is 0 Å². The number of rotatable bonds is 4. The molecule has 9 aromatic rings. The highest BCUT2D eigenvalue weighted by molar-refractivity contribution is 6.12. The summed E-state index contributed by atoms with van der Waals surface area (Å²) >= 11 is 0. The molecule has 7 aromatic carbocycles. The molecule has 5 nitrogen and oxygen atoms in total. The zero-order chi connectivity index (χ0) is 31.6. The minimum Gasteiger partial charge on any atom is -0.456 e. The van der Waals surface area contributed by atoms with Crippen molar-refractivity contribution in [3.63, 3.8) is 0 Å². The zero-order valence-corrected chi connectivity index (χ0v) is 25.6. The van der Waals surface area contributed by atoms with Crippen LogP contribution in [0, 0.1) is 0 Å². The summed E-state index contributed by atoms with van der Waals surface area (Å²) in [5.74, 6) is 3.45. The molecule has 48 heavy (non-hydrogen) atoms. The van der Waals surface area contributed by atoms with Crippen LogP contribution < -0.4 is 4.74 Å². The Bertz CT molecular complexity index is 2700. The molecule has 0 saturated heterocycles. The number of aromatic nitrogens is 3. The van der Waals surface area contributed by atoms with Crippen molar-refractivity contribution in [3.05, 3.63) is 152 Å². The molecule has 0 saturated carbocycles. The number of benzene rings is 7. The molecule has 10 rings (SSSR count). The highest BCUT2D eigenvalue weighted by atomic mass is 16.5. The second kappa shape index (κ2) is 10.5. The first-order valence-electron chi connectivity index (χ1n) is 15.9. The minimum atomic E-state index is 0.589. The maximum absolute atomic E-state index is 6.61. The molecule has 224 valence electrons. The van der Waals surface area contributed by atoms with Crippen LogP contribution in [0.5, 0.6) is 11.5 Å². The second-order valence-corrected chi connectivity index (χ2v) is 12.0. The van der Waals surface area contributed by atoms with Gasteiger partial charge in [-0.1, -0.05) is 115 Å². The molecule has 0 aliphatic carbocycles. The van der Waals surface area contributed by atoms with Crippen LogP contribution >= 0.6 is 0 Å². The molecule has 0 N–H and O–H groups in total. The summed E-state index contributed by atoms with van der Waals surface area (Å²) in [7, 11) is 0. The number of para-hydroxylation sites is 1. The predicted molar refractivity (Wildman–Crippen MR) is 192 cm³/mol. The quantitative estimate of drug-likeness (QED) is 0.197. The summed E-state index contributed by atoms with van der Waals surface area (Å²) in [5, 5.41) is 4.08. The Morgan fingerprint density at radius 2 is 1.00 bits per heavy atom. The van der Waals surface area contributed by atoms with E-state index in [9.17, 15) is 0 Å². The lowest BCUT2D eigenvalue weighted by Crippen LogP contribution is -2.02. The first-order valence-corrected chi connectivity index (χ1v) is 15.9. The molecule has 0 atom stereocenters. The second-order valence-electron chi connectivity index (χ2n) is 12.0. The number of ether oxygens (including phenoxy) is 1. The molecule has 0 spiro atoms. The Morgan fingerprint density at radius 3 is 1.85 bits per heavy atom. The maximum atomic E-state index is 6.61. The van der Waals surface area contributed by atoms with Crippen molar-refractivity contribution in [1.29, 1.82) is 0 Å². The Labute approximate surface area is 275 Å². The standard InChI is InChI=1S/C43H25N3O2/c1-3-11-26(12-4-1)28-21-22-29-30-16-9-17-31-32(23-24-37(39(30)31)48-38(29)25-28)42-44-41(27-13-5-2-6-14-27)45-43(46-42)34-18-10-20-36-40(34)33-15-7-8-19-35(33)47-36/h1-25H. The lowest BCUT2D eigenvalue weighted by atomic mass is 9.91. The largest absolute Gasteiger partial charge is 0.456 e. The average Bonchev–Trinajstić information content (AvgIpc) is 3.54. The Hall–Kier alpha value is -6.59. The molecular weight excluding hydrogens is 590 g/mol. The topological polar surface area (TPSA) is 61.0 Å². The Balaban J connectivity index is 1.19. The van der Waals surface area contributed by atoms with Gasteiger partial charge >= 0.3 is 0 Å². The van der Waals surface area contributed by atoms with Crippen molar-refractivity contribution in [2.45, 2.75) is 0 Å². The minimum absolute atomic E-state index is 0.589. The number of nitrogens with zero attached hydrogens (tertiary/aromatic N) is 3. The van der Waals surface area contributed by atoms with E-state index in [2.05, 4.69) is 78.9 Å². The van der Waals surface area contributed by atoms with Gasteiger partial charge in [0.25, 0.3) is 0 Å². The fraction of sp³-hybridized carbons (Fsp3) is 0. The summed E-state index contributed by atoms with van der Waals surface area (Å²) in [4.78, 5) is 15.3. The van der Waals surface area contributed by atoms with E-state index in [0.717, 1.165) is 83.2 Å². The van der Waals surface area contributed by atoms with Crippen molar-refractivity contribution >= 4 is 32.7 Å². The molecule has 3 heterocycles. The van der Waals surface area contributed by atoms with Crippen LogP contribution in [-0.2, 0) is 0 Å². The van der Waals surface area contributed by atoms with Gasteiger partial charge in [-0.05, 0) is 58.5 Å². The summed E-state index contributed by atoms with van der Waals surface area (Å²) < 4.78 is 12.8. The molecule has 0 amide bonds. The van der Waals surface area contributed by atoms with Crippen molar-refractivity contribution in [1.82, 2.24) is 15.0 Å². The number of furan rings is 1. The fourth-order valence-electron chi connectivity index (χ4n) is 6.93. The molecule has 0 bridgehead atoms. The van der Waals surface area contributed by atoms with E-state index < -0.39 is 0 Å². The monoisotopic (exact) mass is 615 g/mol. The van der Waals surface area contributed by atoms with E-state index in [4.69, 9.17) is 24.1 Å². The lowest BCUT2D eigenvalue weighted by molar-refractivity contribution is 0.487. The normalized spacial score (nSPS) is 11.9. The third-order valence-electron chi connectivity index (χ3n) is 9.15. The van der Waals surface area contributed by atoms with Crippen molar-refractivity contribution in [2.75, 3.05) is 0 Å².